The molecule has 166 valence electrons. The molecule has 0 bridgehead atoms. The van der Waals surface area contributed by atoms with Gasteiger partial charge in [-0.25, -0.2) is 8.42 Å². The summed E-state index contributed by atoms with van der Waals surface area (Å²) < 4.78 is 32.2. The minimum Gasteiger partial charge on any atom is -0.381 e. The van der Waals surface area contributed by atoms with E-state index < -0.39 is 10.0 Å². The van der Waals surface area contributed by atoms with Gasteiger partial charge in [-0.05, 0) is 74.2 Å². The number of carbonyl (C=O) groups is 1. The Hall–Kier alpha value is -2.42. The molecule has 0 aromatic heterocycles. The number of ether oxygens (including phenoxy) is 1. The molecule has 0 radical (unpaired) electrons. The smallest absolute Gasteiger partial charge is 0.255 e. The van der Waals surface area contributed by atoms with E-state index >= 15 is 0 Å². The first kappa shape index (κ1) is 21.8. The van der Waals surface area contributed by atoms with E-state index in [1.807, 2.05) is 24.3 Å². The third-order valence-corrected chi connectivity index (χ3v) is 8.00. The zero-order chi connectivity index (χ0) is 21.8. The van der Waals surface area contributed by atoms with Gasteiger partial charge in [0.2, 0.25) is 10.0 Å². The van der Waals surface area contributed by atoms with Crippen molar-refractivity contribution >= 4 is 27.3 Å². The molecule has 8 heteroatoms. The number of amides is 1. The standard InChI is InChI=1S/C23H29N3O4S/c1-30-21-12-16-25(17-13-21)20-8-6-19(7-9-20)24-23(27)18-4-10-22(11-5-18)31(28,29)26-14-2-3-15-26/h4-11,21H,2-3,12-17H2,1H3,(H,24,27). The summed E-state index contributed by atoms with van der Waals surface area (Å²) in [5.74, 6) is -0.265. The maximum Gasteiger partial charge on any atom is 0.255 e. The number of nitrogens with one attached hydrogen (secondary N) is 1. The predicted molar refractivity (Wildman–Crippen MR) is 121 cm³/mol. The highest BCUT2D eigenvalue weighted by molar-refractivity contribution is 7.89. The fourth-order valence-electron chi connectivity index (χ4n) is 4.16. The topological polar surface area (TPSA) is 79.0 Å². The zero-order valence-corrected chi connectivity index (χ0v) is 18.6. The molecule has 1 amide bonds. The van der Waals surface area contributed by atoms with Gasteiger partial charge in [0.15, 0.2) is 0 Å². The van der Waals surface area contributed by atoms with Crippen LogP contribution in [0.2, 0.25) is 0 Å². The summed E-state index contributed by atoms with van der Waals surface area (Å²) in [7, 11) is -1.71. The number of methoxy groups -OCH3 is 1. The van der Waals surface area contributed by atoms with Gasteiger partial charge in [0.25, 0.3) is 5.91 Å². The zero-order valence-electron chi connectivity index (χ0n) is 17.8. The molecule has 2 aromatic carbocycles. The third-order valence-electron chi connectivity index (χ3n) is 6.08. The summed E-state index contributed by atoms with van der Waals surface area (Å²) in [6.07, 6.45) is 4.15. The van der Waals surface area contributed by atoms with Gasteiger partial charge in [0.05, 0.1) is 11.0 Å². The second-order valence-electron chi connectivity index (χ2n) is 8.06. The molecule has 2 aliphatic heterocycles. The van der Waals surface area contributed by atoms with Crippen LogP contribution in [0.25, 0.3) is 0 Å². The van der Waals surface area contributed by atoms with Crippen LogP contribution in [-0.4, -0.2) is 58.0 Å². The van der Waals surface area contributed by atoms with Crippen molar-refractivity contribution in [3.8, 4) is 0 Å². The molecule has 0 spiro atoms. The number of hydrogen-bond donors (Lipinski definition) is 1. The van der Waals surface area contributed by atoms with Crippen LogP contribution in [0, 0.1) is 0 Å². The Kier molecular flexibility index (Phi) is 6.60. The number of carbonyl (C=O) groups excluding carboxylic acids is 1. The lowest BCUT2D eigenvalue weighted by atomic mass is 10.1. The number of nitrogens with zero attached hydrogens (tertiary/aromatic N) is 2. The second-order valence-corrected chi connectivity index (χ2v) is 10.00. The quantitative estimate of drug-likeness (QED) is 0.741. The molecule has 1 N–H and O–H groups in total. The van der Waals surface area contributed by atoms with Crippen LogP contribution in [0.3, 0.4) is 0 Å². The molecule has 2 fully saturated rings. The summed E-state index contributed by atoms with van der Waals surface area (Å²) in [4.78, 5) is 15.1. The van der Waals surface area contributed by atoms with E-state index in [2.05, 4.69) is 10.2 Å². The van der Waals surface area contributed by atoms with E-state index in [0.29, 0.717) is 30.4 Å². The van der Waals surface area contributed by atoms with Crippen molar-refractivity contribution in [1.29, 1.82) is 0 Å². The Balaban J connectivity index is 1.37. The van der Waals surface area contributed by atoms with E-state index in [0.717, 1.165) is 44.5 Å². The van der Waals surface area contributed by atoms with Gasteiger partial charge in [-0.15, -0.1) is 0 Å². The fraction of sp³-hybridized carbons (Fsp3) is 0.435. The van der Waals surface area contributed by atoms with E-state index in [1.54, 1.807) is 19.2 Å². The molecule has 0 saturated carbocycles. The van der Waals surface area contributed by atoms with Crippen LogP contribution in [0.4, 0.5) is 11.4 Å². The normalized spacial score (nSPS) is 18.3. The van der Waals surface area contributed by atoms with Gasteiger partial charge in [0.1, 0.15) is 0 Å². The maximum atomic E-state index is 12.6. The van der Waals surface area contributed by atoms with Crippen LogP contribution in [0.1, 0.15) is 36.0 Å². The second kappa shape index (κ2) is 9.38. The van der Waals surface area contributed by atoms with Crippen molar-refractivity contribution in [2.75, 3.05) is 43.5 Å². The Morgan fingerprint density at radius 1 is 0.935 bits per heavy atom. The lowest BCUT2D eigenvalue weighted by molar-refractivity contribution is 0.0819. The van der Waals surface area contributed by atoms with Gasteiger partial charge >= 0.3 is 0 Å². The van der Waals surface area contributed by atoms with Crippen LogP contribution in [0.5, 0.6) is 0 Å². The van der Waals surface area contributed by atoms with E-state index in [4.69, 9.17) is 4.74 Å². The Bertz CT molecular complexity index is 992. The first-order valence-corrected chi connectivity index (χ1v) is 12.2. The number of piperidine rings is 1. The van der Waals surface area contributed by atoms with Crippen molar-refractivity contribution in [2.24, 2.45) is 0 Å². The molecule has 0 unspecified atom stereocenters. The van der Waals surface area contributed by atoms with Crippen molar-refractivity contribution in [1.82, 2.24) is 4.31 Å². The molecule has 2 heterocycles. The molecular weight excluding hydrogens is 414 g/mol. The van der Waals surface area contributed by atoms with Gasteiger partial charge in [0, 0.05) is 50.2 Å². The number of sulfonamides is 1. The highest BCUT2D eigenvalue weighted by atomic mass is 32.2. The number of anilines is 2. The molecule has 2 aromatic rings. The molecule has 31 heavy (non-hydrogen) atoms. The number of hydrogen-bond acceptors (Lipinski definition) is 5. The molecule has 0 aliphatic carbocycles. The average molecular weight is 444 g/mol. The molecule has 2 aliphatic rings. The molecule has 0 atom stereocenters. The number of benzene rings is 2. The summed E-state index contributed by atoms with van der Waals surface area (Å²) in [6, 6.07) is 13.9. The largest absolute Gasteiger partial charge is 0.381 e. The average Bonchev–Trinajstić information content (AvgIpc) is 3.36. The van der Waals surface area contributed by atoms with Crippen molar-refractivity contribution in [3.05, 3.63) is 54.1 Å². The van der Waals surface area contributed by atoms with Crippen LogP contribution < -0.4 is 10.2 Å². The van der Waals surface area contributed by atoms with Crippen molar-refractivity contribution in [2.45, 2.75) is 36.7 Å². The maximum absolute atomic E-state index is 12.6. The summed E-state index contributed by atoms with van der Waals surface area (Å²) in [5.41, 5.74) is 2.25. The van der Waals surface area contributed by atoms with Gasteiger partial charge in [-0.2, -0.15) is 4.31 Å². The summed E-state index contributed by atoms with van der Waals surface area (Å²) >= 11 is 0. The molecule has 2 saturated heterocycles. The number of rotatable bonds is 6. The van der Waals surface area contributed by atoms with Gasteiger partial charge in [-0.3, -0.25) is 4.79 Å². The van der Waals surface area contributed by atoms with Crippen LogP contribution >= 0.6 is 0 Å². The molecule has 7 nitrogen and oxygen atoms in total. The SMILES string of the molecule is COC1CCN(c2ccc(NC(=O)c3ccc(S(=O)(=O)N4CCCC4)cc3)cc2)CC1. The summed E-state index contributed by atoms with van der Waals surface area (Å²) in [6.45, 7) is 3.03. The first-order valence-electron chi connectivity index (χ1n) is 10.8. The van der Waals surface area contributed by atoms with Crippen molar-refractivity contribution in [3.63, 3.8) is 0 Å². The fourth-order valence-corrected chi connectivity index (χ4v) is 5.68. The lowest BCUT2D eigenvalue weighted by Gasteiger charge is -2.33. The minimum atomic E-state index is -3.47. The Morgan fingerprint density at radius 3 is 2.13 bits per heavy atom. The molecule has 4 rings (SSSR count). The van der Waals surface area contributed by atoms with Crippen LogP contribution in [0.15, 0.2) is 53.4 Å². The van der Waals surface area contributed by atoms with Gasteiger partial charge in [-0.1, -0.05) is 0 Å². The third kappa shape index (κ3) is 4.92. The highest BCUT2D eigenvalue weighted by Gasteiger charge is 2.27. The first-order chi connectivity index (χ1) is 15.0. The summed E-state index contributed by atoms with van der Waals surface area (Å²) in [5, 5.41) is 2.88. The van der Waals surface area contributed by atoms with Crippen LogP contribution in [-0.2, 0) is 14.8 Å². The van der Waals surface area contributed by atoms with E-state index in [-0.39, 0.29) is 10.8 Å². The molecular formula is C23H29N3O4S. The van der Waals surface area contributed by atoms with Crippen molar-refractivity contribution < 1.29 is 17.9 Å². The Morgan fingerprint density at radius 2 is 1.55 bits per heavy atom. The lowest BCUT2D eigenvalue weighted by Crippen LogP contribution is -2.36. The highest BCUT2D eigenvalue weighted by Crippen LogP contribution is 2.24. The van der Waals surface area contributed by atoms with E-state index in [9.17, 15) is 13.2 Å². The minimum absolute atomic E-state index is 0.229. The monoisotopic (exact) mass is 443 g/mol. The van der Waals surface area contributed by atoms with E-state index in [1.165, 1.54) is 16.4 Å². The predicted octanol–water partition coefficient (Wildman–Crippen LogP) is 3.34. The van der Waals surface area contributed by atoms with Gasteiger partial charge < -0.3 is 15.0 Å². The Labute approximate surface area is 184 Å².